The lowest BCUT2D eigenvalue weighted by molar-refractivity contribution is -0.126. The number of likely N-dealkylation sites (N-methyl/N-ethyl adjacent to an activating group) is 1. The number of hydrogen-bond donors (Lipinski definition) is 0. The Bertz CT molecular complexity index is 704. The van der Waals surface area contributed by atoms with Crippen LogP contribution >= 0.6 is 0 Å². The number of amides is 1. The molecule has 1 amide bonds. The quantitative estimate of drug-likeness (QED) is 0.711. The molecule has 0 spiro atoms. The first-order valence-electron chi connectivity index (χ1n) is 8.18. The molecule has 0 saturated carbocycles. The second-order valence-corrected chi connectivity index (χ2v) is 6.15. The van der Waals surface area contributed by atoms with E-state index in [1.165, 1.54) is 6.08 Å². The van der Waals surface area contributed by atoms with Gasteiger partial charge in [0.15, 0.2) is 0 Å². The Balaban J connectivity index is 2.23. The predicted molar refractivity (Wildman–Crippen MR) is 99.0 cm³/mol. The minimum atomic E-state index is -0.0805. The topological polar surface area (TPSA) is 29.5 Å². The van der Waals surface area contributed by atoms with Gasteiger partial charge >= 0.3 is 0 Å². The standard InChI is InChI=1S/C21H25NO2/c1-6-21(23)22(5)16(4)18-8-7-9-19(14-18)17-10-12-20(13-11-17)24-15(2)3/h6-16H,1H2,2-5H3. The molecule has 0 saturated heterocycles. The van der Waals surface area contributed by atoms with Crippen LogP contribution in [0.3, 0.4) is 0 Å². The van der Waals surface area contributed by atoms with Crippen molar-refractivity contribution < 1.29 is 9.53 Å². The molecule has 0 radical (unpaired) electrons. The lowest BCUT2D eigenvalue weighted by atomic mass is 9.99. The Labute approximate surface area is 144 Å². The van der Waals surface area contributed by atoms with Crippen molar-refractivity contribution in [3.8, 4) is 16.9 Å². The fraction of sp³-hybridized carbons (Fsp3) is 0.286. The molecule has 1 atom stereocenters. The highest BCUT2D eigenvalue weighted by atomic mass is 16.5. The Morgan fingerprint density at radius 1 is 1.08 bits per heavy atom. The molecule has 0 fully saturated rings. The molecule has 3 heteroatoms. The van der Waals surface area contributed by atoms with E-state index in [0.29, 0.717) is 0 Å². The summed E-state index contributed by atoms with van der Waals surface area (Å²) < 4.78 is 5.68. The van der Waals surface area contributed by atoms with Crippen molar-refractivity contribution in [3.63, 3.8) is 0 Å². The third-order valence-electron chi connectivity index (χ3n) is 4.03. The van der Waals surface area contributed by atoms with Crippen LogP contribution in [-0.2, 0) is 4.79 Å². The Morgan fingerprint density at radius 2 is 1.75 bits per heavy atom. The van der Waals surface area contributed by atoms with Gasteiger partial charge in [-0.2, -0.15) is 0 Å². The molecule has 0 bridgehead atoms. The van der Waals surface area contributed by atoms with Crippen LogP contribution in [0.15, 0.2) is 61.2 Å². The van der Waals surface area contributed by atoms with Gasteiger partial charge in [0.25, 0.3) is 0 Å². The molecule has 3 nitrogen and oxygen atoms in total. The summed E-state index contributed by atoms with van der Waals surface area (Å²) in [6, 6.07) is 16.3. The van der Waals surface area contributed by atoms with E-state index in [0.717, 1.165) is 22.4 Å². The zero-order chi connectivity index (χ0) is 17.7. The normalized spacial score (nSPS) is 11.9. The summed E-state index contributed by atoms with van der Waals surface area (Å²) in [5.41, 5.74) is 3.33. The van der Waals surface area contributed by atoms with Gasteiger partial charge in [0, 0.05) is 7.05 Å². The number of ether oxygens (including phenoxy) is 1. The van der Waals surface area contributed by atoms with Gasteiger partial charge in [-0.25, -0.2) is 0 Å². The molecule has 2 rings (SSSR count). The highest BCUT2D eigenvalue weighted by molar-refractivity contribution is 5.87. The summed E-state index contributed by atoms with van der Waals surface area (Å²) in [6.45, 7) is 9.59. The first-order chi connectivity index (χ1) is 11.4. The van der Waals surface area contributed by atoms with Gasteiger partial charge in [0.2, 0.25) is 5.91 Å². The lowest BCUT2D eigenvalue weighted by Gasteiger charge is -2.24. The van der Waals surface area contributed by atoms with Crippen LogP contribution in [0.1, 0.15) is 32.4 Å². The molecule has 0 aliphatic rings. The summed E-state index contributed by atoms with van der Waals surface area (Å²) in [6.07, 6.45) is 1.51. The molecule has 0 aliphatic carbocycles. The van der Waals surface area contributed by atoms with Crippen molar-refractivity contribution in [2.45, 2.75) is 32.9 Å². The highest BCUT2D eigenvalue weighted by Crippen LogP contribution is 2.27. The minimum Gasteiger partial charge on any atom is -0.491 e. The van der Waals surface area contributed by atoms with Gasteiger partial charge in [0.05, 0.1) is 12.1 Å². The number of hydrogen-bond acceptors (Lipinski definition) is 2. The first-order valence-corrected chi connectivity index (χ1v) is 8.18. The fourth-order valence-corrected chi connectivity index (χ4v) is 2.53. The summed E-state index contributed by atoms with van der Waals surface area (Å²) >= 11 is 0. The second-order valence-electron chi connectivity index (χ2n) is 6.15. The van der Waals surface area contributed by atoms with E-state index < -0.39 is 0 Å². The van der Waals surface area contributed by atoms with Crippen molar-refractivity contribution in [3.05, 3.63) is 66.7 Å². The van der Waals surface area contributed by atoms with Crippen molar-refractivity contribution in [1.29, 1.82) is 0 Å². The molecule has 2 aromatic carbocycles. The molecular formula is C21H25NO2. The minimum absolute atomic E-state index is 0.0148. The smallest absolute Gasteiger partial charge is 0.246 e. The lowest BCUT2D eigenvalue weighted by Crippen LogP contribution is -2.27. The molecule has 2 aromatic rings. The largest absolute Gasteiger partial charge is 0.491 e. The first kappa shape index (κ1) is 17.8. The molecule has 0 N–H and O–H groups in total. The maximum absolute atomic E-state index is 11.8. The molecule has 0 aliphatic heterocycles. The summed E-state index contributed by atoms with van der Waals surface area (Å²) in [4.78, 5) is 13.5. The van der Waals surface area contributed by atoms with Crippen LogP contribution in [-0.4, -0.2) is 24.0 Å². The van der Waals surface area contributed by atoms with Gasteiger partial charge < -0.3 is 9.64 Å². The van der Waals surface area contributed by atoms with Crippen LogP contribution < -0.4 is 4.74 Å². The second kappa shape index (κ2) is 7.82. The average Bonchev–Trinajstić information content (AvgIpc) is 2.60. The Morgan fingerprint density at radius 3 is 2.33 bits per heavy atom. The van der Waals surface area contributed by atoms with Crippen molar-refractivity contribution in [1.82, 2.24) is 4.90 Å². The third-order valence-corrected chi connectivity index (χ3v) is 4.03. The molecular weight excluding hydrogens is 298 g/mol. The van der Waals surface area contributed by atoms with E-state index in [9.17, 15) is 4.79 Å². The molecule has 0 aromatic heterocycles. The summed E-state index contributed by atoms with van der Waals surface area (Å²) in [5.74, 6) is 0.790. The van der Waals surface area contributed by atoms with E-state index >= 15 is 0 Å². The van der Waals surface area contributed by atoms with Crippen LogP contribution in [0.2, 0.25) is 0 Å². The van der Waals surface area contributed by atoms with E-state index in [4.69, 9.17) is 4.74 Å². The zero-order valence-corrected chi connectivity index (χ0v) is 14.8. The molecule has 126 valence electrons. The number of carbonyl (C=O) groups excluding carboxylic acids is 1. The number of rotatable bonds is 6. The van der Waals surface area contributed by atoms with Crippen molar-refractivity contribution in [2.24, 2.45) is 0 Å². The molecule has 24 heavy (non-hydrogen) atoms. The van der Waals surface area contributed by atoms with Gasteiger partial charge in [-0.1, -0.05) is 36.9 Å². The highest BCUT2D eigenvalue weighted by Gasteiger charge is 2.15. The van der Waals surface area contributed by atoms with Crippen LogP contribution in [0.5, 0.6) is 5.75 Å². The van der Waals surface area contributed by atoms with Crippen LogP contribution in [0, 0.1) is 0 Å². The Kier molecular flexibility index (Phi) is 5.80. The fourth-order valence-electron chi connectivity index (χ4n) is 2.53. The van der Waals surface area contributed by atoms with Gasteiger partial charge in [-0.3, -0.25) is 4.79 Å². The Hall–Kier alpha value is -2.55. The molecule has 1 unspecified atom stereocenters. The van der Waals surface area contributed by atoms with E-state index in [2.05, 4.69) is 30.8 Å². The SMILES string of the molecule is C=CC(=O)N(C)C(C)c1cccc(-c2ccc(OC(C)C)cc2)c1. The van der Waals surface area contributed by atoms with Crippen LogP contribution in [0.4, 0.5) is 0 Å². The average molecular weight is 323 g/mol. The predicted octanol–water partition coefficient (Wildman–Crippen LogP) is 4.85. The zero-order valence-electron chi connectivity index (χ0n) is 14.8. The monoisotopic (exact) mass is 323 g/mol. The molecule has 0 heterocycles. The number of benzene rings is 2. The summed E-state index contributed by atoms with van der Waals surface area (Å²) in [5, 5.41) is 0. The maximum Gasteiger partial charge on any atom is 0.246 e. The van der Waals surface area contributed by atoms with E-state index in [1.54, 1.807) is 11.9 Å². The number of carbonyl (C=O) groups is 1. The van der Waals surface area contributed by atoms with E-state index in [1.807, 2.05) is 45.0 Å². The van der Waals surface area contributed by atoms with Gasteiger partial charge in [-0.15, -0.1) is 0 Å². The third kappa shape index (κ3) is 4.25. The maximum atomic E-state index is 11.8. The van der Waals surface area contributed by atoms with Gasteiger partial charge in [-0.05, 0) is 61.7 Å². The number of nitrogens with zero attached hydrogens (tertiary/aromatic N) is 1. The van der Waals surface area contributed by atoms with Crippen molar-refractivity contribution in [2.75, 3.05) is 7.05 Å². The van der Waals surface area contributed by atoms with Gasteiger partial charge in [0.1, 0.15) is 5.75 Å². The van der Waals surface area contributed by atoms with Crippen LogP contribution in [0.25, 0.3) is 11.1 Å². The van der Waals surface area contributed by atoms with E-state index in [-0.39, 0.29) is 18.1 Å². The van der Waals surface area contributed by atoms with Crippen molar-refractivity contribution >= 4 is 5.91 Å². The summed E-state index contributed by atoms with van der Waals surface area (Å²) in [7, 11) is 1.79.